The summed E-state index contributed by atoms with van der Waals surface area (Å²) in [6.07, 6.45) is 4.08. The van der Waals surface area contributed by atoms with Gasteiger partial charge in [-0.25, -0.2) is 4.39 Å². The summed E-state index contributed by atoms with van der Waals surface area (Å²) in [5.74, 6) is -0.898. The van der Waals surface area contributed by atoms with Crippen molar-refractivity contribution in [3.8, 4) is 0 Å². The molecule has 1 aliphatic carbocycles. The molecule has 1 aliphatic rings. The number of carbonyl (C=O) groups is 1. The third-order valence-electron chi connectivity index (χ3n) is 3.79. The lowest BCUT2D eigenvalue weighted by Gasteiger charge is -2.34. The molecular weight excluding hydrogens is 299 g/mol. The van der Waals surface area contributed by atoms with Crippen molar-refractivity contribution in [2.24, 2.45) is 11.1 Å². The van der Waals surface area contributed by atoms with E-state index in [0.29, 0.717) is 12.8 Å². The van der Waals surface area contributed by atoms with Crippen molar-refractivity contribution in [1.82, 2.24) is 0 Å². The Hall–Kier alpha value is -1.20. The molecule has 1 saturated carbocycles. The zero-order chi connectivity index (χ0) is 14.8. The molecule has 1 amide bonds. The van der Waals surface area contributed by atoms with Crippen molar-refractivity contribution < 1.29 is 9.18 Å². The topological polar surface area (TPSA) is 55.1 Å². The number of hydrogen-bond donors (Lipinski definition) is 2. The van der Waals surface area contributed by atoms with E-state index in [9.17, 15) is 9.18 Å². The molecule has 2 rings (SSSR count). The molecule has 0 unspecified atom stereocenters. The average Bonchev–Trinajstić information content (AvgIpc) is 2.42. The van der Waals surface area contributed by atoms with Crippen molar-refractivity contribution in [2.45, 2.75) is 32.1 Å². The molecule has 0 saturated heterocycles. The first-order chi connectivity index (χ1) is 9.45. The van der Waals surface area contributed by atoms with Gasteiger partial charge in [0.15, 0.2) is 0 Å². The van der Waals surface area contributed by atoms with E-state index in [4.69, 9.17) is 29.6 Å². The second-order valence-corrected chi connectivity index (χ2v) is 5.96. The lowest BCUT2D eigenvalue weighted by molar-refractivity contribution is -0.123. The zero-order valence-corrected chi connectivity index (χ0v) is 12.5. The van der Waals surface area contributed by atoms with E-state index in [1.165, 1.54) is 12.1 Å². The summed E-state index contributed by atoms with van der Waals surface area (Å²) < 4.78 is 13.7. The normalized spacial score (nSPS) is 17.5. The summed E-state index contributed by atoms with van der Waals surface area (Å²) in [5.41, 5.74) is 5.01. The molecule has 0 aromatic heterocycles. The van der Waals surface area contributed by atoms with Crippen LogP contribution in [0.5, 0.6) is 0 Å². The molecule has 1 aromatic rings. The van der Waals surface area contributed by atoms with Crippen LogP contribution in [-0.4, -0.2) is 10.9 Å². The van der Waals surface area contributed by atoms with Crippen LogP contribution in [-0.2, 0) is 4.79 Å². The summed E-state index contributed by atoms with van der Waals surface area (Å²) in [6.45, 7) is 0. The predicted octanol–water partition coefficient (Wildman–Crippen LogP) is 3.65. The Morgan fingerprint density at radius 1 is 1.35 bits per heavy atom. The lowest BCUT2D eigenvalue weighted by atomic mass is 9.73. The van der Waals surface area contributed by atoms with E-state index < -0.39 is 11.2 Å². The SMILES string of the molecule is NC(=S)C1(C(=O)Nc2ccc(Cl)cc2F)CCCCC1. The predicted molar refractivity (Wildman–Crippen MR) is 82.3 cm³/mol. The Bertz CT molecular complexity index is 544. The molecule has 108 valence electrons. The van der Waals surface area contributed by atoms with Crippen LogP contribution in [0, 0.1) is 11.2 Å². The maximum absolute atomic E-state index is 13.7. The van der Waals surface area contributed by atoms with Gasteiger partial charge in [-0.3, -0.25) is 4.79 Å². The minimum absolute atomic E-state index is 0.0978. The maximum Gasteiger partial charge on any atom is 0.237 e. The van der Waals surface area contributed by atoms with Gasteiger partial charge in [-0.2, -0.15) is 0 Å². The maximum atomic E-state index is 13.7. The molecule has 6 heteroatoms. The largest absolute Gasteiger partial charge is 0.392 e. The number of nitrogens with one attached hydrogen (secondary N) is 1. The third-order valence-corrected chi connectivity index (χ3v) is 4.42. The molecule has 20 heavy (non-hydrogen) atoms. The minimum atomic E-state index is -0.861. The highest BCUT2D eigenvalue weighted by molar-refractivity contribution is 7.80. The van der Waals surface area contributed by atoms with Crippen LogP contribution in [0.3, 0.4) is 0 Å². The van der Waals surface area contributed by atoms with Crippen LogP contribution in [0.15, 0.2) is 18.2 Å². The van der Waals surface area contributed by atoms with Crippen LogP contribution >= 0.6 is 23.8 Å². The number of halogens is 2. The number of anilines is 1. The Morgan fingerprint density at radius 2 is 2.00 bits per heavy atom. The number of carbonyl (C=O) groups excluding carboxylic acids is 1. The summed E-state index contributed by atoms with van der Waals surface area (Å²) in [6, 6.07) is 4.12. The van der Waals surface area contributed by atoms with Gasteiger partial charge in [-0.05, 0) is 31.0 Å². The van der Waals surface area contributed by atoms with Crippen LogP contribution in [0.4, 0.5) is 10.1 Å². The summed E-state index contributed by atoms with van der Waals surface area (Å²) >= 11 is 10.8. The highest BCUT2D eigenvalue weighted by Gasteiger charge is 2.42. The molecular formula is C14H16ClFN2OS. The fraction of sp³-hybridized carbons (Fsp3) is 0.429. The van der Waals surface area contributed by atoms with Crippen LogP contribution in [0.2, 0.25) is 5.02 Å². The second-order valence-electron chi connectivity index (χ2n) is 5.09. The molecule has 3 nitrogen and oxygen atoms in total. The van der Waals surface area contributed by atoms with Crippen molar-refractivity contribution >= 4 is 40.4 Å². The molecule has 3 N–H and O–H groups in total. The van der Waals surface area contributed by atoms with E-state index >= 15 is 0 Å². The fourth-order valence-corrected chi connectivity index (χ4v) is 3.03. The van der Waals surface area contributed by atoms with Crippen LogP contribution in [0.1, 0.15) is 32.1 Å². The van der Waals surface area contributed by atoms with Gasteiger partial charge < -0.3 is 11.1 Å². The van der Waals surface area contributed by atoms with E-state index in [1.807, 2.05) is 0 Å². The number of amides is 1. The molecule has 0 heterocycles. The third kappa shape index (κ3) is 2.94. The van der Waals surface area contributed by atoms with E-state index in [1.54, 1.807) is 0 Å². The first kappa shape index (κ1) is 15.2. The van der Waals surface area contributed by atoms with Gasteiger partial charge in [0.2, 0.25) is 5.91 Å². The summed E-state index contributed by atoms with van der Waals surface area (Å²) in [7, 11) is 0. The van der Waals surface area contributed by atoms with Crippen LogP contribution in [0.25, 0.3) is 0 Å². The monoisotopic (exact) mass is 314 g/mol. The second kappa shape index (κ2) is 6.06. The number of thiocarbonyl (C=S) groups is 1. The highest BCUT2D eigenvalue weighted by atomic mass is 35.5. The molecule has 0 spiro atoms. The number of hydrogen-bond acceptors (Lipinski definition) is 2. The van der Waals surface area contributed by atoms with Crippen molar-refractivity contribution in [1.29, 1.82) is 0 Å². The van der Waals surface area contributed by atoms with Crippen LogP contribution < -0.4 is 11.1 Å². The molecule has 1 aromatic carbocycles. The zero-order valence-electron chi connectivity index (χ0n) is 10.9. The Morgan fingerprint density at radius 3 is 2.55 bits per heavy atom. The fourth-order valence-electron chi connectivity index (χ4n) is 2.57. The van der Waals surface area contributed by atoms with Crippen molar-refractivity contribution in [3.05, 3.63) is 29.0 Å². The van der Waals surface area contributed by atoms with Gasteiger partial charge in [0.25, 0.3) is 0 Å². The highest BCUT2D eigenvalue weighted by Crippen LogP contribution is 2.38. The summed E-state index contributed by atoms with van der Waals surface area (Å²) in [5, 5.41) is 2.87. The Balaban J connectivity index is 2.22. The Labute approximate surface area is 127 Å². The first-order valence-electron chi connectivity index (χ1n) is 6.52. The minimum Gasteiger partial charge on any atom is -0.392 e. The molecule has 0 aliphatic heterocycles. The number of nitrogens with two attached hydrogens (primary N) is 1. The van der Waals surface area contributed by atoms with Gasteiger partial charge in [0.05, 0.1) is 16.1 Å². The van der Waals surface area contributed by atoms with Gasteiger partial charge in [0, 0.05) is 5.02 Å². The number of rotatable bonds is 3. The van der Waals surface area contributed by atoms with Gasteiger partial charge in [0.1, 0.15) is 5.82 Å². The smallest absolute Gasteiger partial charge is 0.237 e. The molecule has 0 atom stereocenters. The average molecular weight is 315 g/mol. The lowest BCUT2D eigenvalue weighted by Crippen LogP contribution is -2.47. The molecule has 0 bridgehead atoms. The number of benzene rings is 1. The van der Waals surface area contributed by atoms with Crippen molar-refractivity contribution in [3.63, 3.8) is 0 Å². The van der Waals surface area contributed by atoms with E-state index in [0.717, 1.165) is 25.3 Å². The van der Waals surface area contributed by atoms with E-state index in [-0.39, 0.29) is 21.6 Å². The van der Waals surface area contributed by atoms with Gasteiger partial charge >= 0.3 is 0 Å². The standard InChI is InChI=1S/C14H16ClFN2OS/c15-9-4-5-11(10(16)8-9)18-13(19)14(12(17)20)6-2-1-3-7-14/h4-5,8H,1-3,6-7H2,(H2,17,20)(H,18,19). The first-order valence-corrected chi connectivity index (χ1v) is 7.31. The Kier molecular flexibility index (Phi) is 4.60. The molecule has 0 radical (unpaired) electrons. The van der Waals surface area contributed by atoms with Gasteiger partial charge in [-0.1, -0.05) is 43.1 Å². The quantitative estimate of drug-likeness (QED) is 0.837. The summed E-state index contributed by atoms with van der Waals surface area (Å²) in [4.78, 5) is 12.7. The molecule has 1 fully saturated rings. The van der Waals surface area contributed by atoms with Crippen molar-refractivity contribution in [2.75, 3.05) is 5.32 Å². The van der Waals surface area contributed by atoms with E-state index in [2.05, 4.69) is 5.32 Å². The van der Waals surface area contributed by atoms with Gasteiger partial charge in [-0.15, -0.1) is 0 Å².